The third-order valence-electron chi connectivity index (χ3n) is 5.72. The van der Waals surface area contributed by atoms with Crippen molar-refractivity contribution in [3.8, 4) is 28.6 Å². The number of unbranched alkanes of at least 4 members (excludes halogenated alkanes) is 3. The molecule has 0 unspecified atom stereocenters. The highest BCUT2D eigenvalue weighted by molar-refractivity contribution is 5.84. The zero-order chi connectivity index (χ0) is 26.6. The number of carbonyl (C=O) groups is 2. The number of para-hydroxylation sites is 1. The highest BCUT2D eigenvalue weighted by Crippen LogP contribution is 2.36. The average molecular weight is 511 g/mol. The standard InChI is InChI=1S/C29H34O8/c1-3-5-17-34-24-19-20(15-16-22(24)30)28-29(27(33)21-11-7-8-12-23(21)36-28)37-26(32)14-10-9-13-25(31)35-18-6-4-2/h7-8,11-12,15-16,19,30H,3-6,9-10,13-14,17-18H2,1-2H3. The summed E-state index contributed by atoms with van der Waals surface area (Å²) < 4.78 is 22.3. The van der Waals surface area contributed by atoms with Gasteiger partial charge in [0.15, 0.2) is 17.3 Å². The number of rotatable bonds is 14. The molecular weight excluding hydrogens is 476 g/mol. The van der Waals surface area contributed by atoms with Gasteiger partial charge in [0.25, 0.3) is 0 Å². The summed E-state index contributed by atoms with van der Waals surface area (Å²) in [7, 11) is 0. The summed E-state index contributed by atoms with van der Waals surface area (Å²) in [4.78, 5) is 37.7. The van der Waals surface area contributed by atoms with Gasteiger partial charge in [-0.2, -0.15) is 0 Å². The van der Waals surface area contributed by atoms with E-state index in [0.717, 1.165) is 25.7 Å². The van der Waals surface area contributed by atoms with Gasteiger partial charge in [-0.25, -0.2) is 0 Å². The Hall–Kier alpha value is -3.81. The molecule has 0 aliphatic carbocycles. The minimum Gasteiger partial charge on any atom is -0.504 e. The lowest BCUT2D eigenvalue weighted by atomic mass is 10.1. The number of phenols is 1. The van der Waals surface area contributed by atoms with Gasteiger partial charge in [-0.3, -0.25) is 14.4 Å². The van der Waals surface area contributed by atoms with Crippen LogP contribution < -0.4 is 14.9 Å². The van der Waals surface area contributed by atoms with E-state index in [4.69, 9.17) is 18.6 Å². The molecule has 37 heavy (non-hydrogen) atoms. The van der Waals surface area contributed by atoms with Crippen LogP contribution >= 0.6 is 0 Å². The molecule has 8 heteroatoms. The van der Waals surface area contributed by atoms with Crippen LogP contribution in [-0.2, 0) is 14.3 Å². The van der Waals surface area contributed by atoms with Gasteiger partial charge in [-0.15, -0.1) is 0 Å². The van der Waals surface area contributed by atoms with Gasteiger partial charge in [0.1, 0.15) is 5.58 Å². The molecule has 3 aromatic rings. The Kier molecular flexibility index (Phi) is 10.6. The summed E-state index contributed by atoms with van der Waals surface area (Å²) in [6.07, 6.45) is 4.63. The zero-order valence-electron chi connectivity index (χ0n) is 21.4. The van der Waals surface area contributed by atoms with Crippen LogP contribution in [-0.4, -0.2) is 30.3 Å². The molecule has 8 nitrogen and oxygen atoms in total. The number of benzene rings is 2. The van der Waals surface area contributed by atoms with Crippen LogP contribution in [0.3, 0.4) is 0 Å². The topological polar surface area (TPSA) is 112 Å². The highest BCUT2D eigenvalue weighted by atomic mass is 16.5. The second-order valence-corrected chi connectivity index (χ2v) is 8.73. The molecule has 1 heterocycles. The van der Waals surface area contributed by atoms with Crippen LogP contribution in [0.25, 0.3) is 22.3 Å². The molecule has 0 spiro atoms. The Balaban J connectivity index is 1.79. The van der Waals surface area contributed by atoms with E-state index < -0.39 is 11.4 Å². The first-order chi connectivity index (χ1) is 17.9. The molecular formula is C29H34O8. The van der Waals surface area contributed by atoms with Gasteiger partial charge in [0.2, 0.25) is 11.2 Å². The van der Waals surface area contributed by atoms with E-state index in [9.17, 15) is 19.5 Å². The zero-order valence-corrected chi connectivity index (χ0v) is 21.4. The average Bonchev–Trinajstić information content (AvgIpc) is 2.89. The molecule has 1 aromatic heterocycles. The molecule has 0 aliphatic heterocycles. The Labute approximate surface area is 216 Å². The summed E-state index contributed by atoms with van der Waals surface area (Å²) in [5.41, 5.74) is 0.279. The molecule has 1 N–H and O–H groups in total. The molecule has 0 saturated heterocycles. The van der Waals surface area contributed by atoms with Crippen molar-refractivity contribution in [3.63, 3.8) is 0 Å². The molecule has 0 atom stereocenters. The number of hydrogen-bond donors (Lipinski definition) is 1. The molecule has 0 fully saturated rings. The third-order valence-corrected chi connectivity index (χ3v) is 5.72. The van der Waals surface area contributed by atoms with E-state index in [1.807, 2.05) is 13.8 Å². The van der Waals surface area contributed by atoms with Crippen LogP contribution in [0, 0.1) is 0 Å². The Morgan fingerprint density at radius 2 is 1.59 bits per heavy atom. The quantitative estimate of drug-likeness (QED) is 0.203. The molecule has 0 bridgehead atoms. The van der Waals surface area contributed by atoms with E-state index in [2.05, 4.69) is 0 Å². The first-order valence-electron chi connectivity index (χ1n) is 12.8. The minimum absolute atomic E-state index is 0.0227. The Morgan fingerprint density at radius 1 is 0.892 bits per heavy atom. The van der Waals surface area contributed by atoms with Crippen LogP contribution in [0.1, 0.15) is 65.2 Å². The van der Waals surface area contributed by atoms with Crippen LogP contribution in [0.2, 0.25) is 0 Å². The van der Waals surface area contributed by atoms with E-state index in [0.29, 0.717) is 37.2 Å². The number of aromatic hydroxyl groups is 1. The van der Waals surface area contributed by atoms with Gasteiger partial charge in [0, 0.05) is 18.4 Å². The molecule has 198 valence electrons. The maximum atomic E-state index is 13.3. The number of hydrogen-bond acceptors (Lipinski definition) is 8. The van der Waals surface area contributed by atoms with E-state index in [1.54, 1.807) is 36.4 Å². The predicted octanol–water partition coefficient (Wildman–Crippen LogP) is 6.15. The minimum atomic E-state index is -0.610. The first kappa shape index (κ1) is 27.8. The highest BCUT2D eigenvalue weighted by Gasteiger charge is 2.21. The van der Waals surface area contributed by atoms with Crippen LogP contribution in [0.15, 0.2) is 51.7 Å². The van der Waals surface area contributed by atoms with E-state index in [1.165, 1.54) is 6.07 Å². The van der Waals surface area contributed by atoms with Crippen molar-refractivity contribution in [3.05, 3.63) is 52.7 Å². The summed E-state index contributed by atoms with van der Waals surface area (Å²) in [6.45, 7) is 4.87. The first-order valence-corrected chi connectivity index (χ1v) is 12.8. The lowest BCUT2D eigenvalue weighted by Gasteiger charge is -2.13. The number of esters is 2. The normalized spacial score (nSPS) is 10.9. The third kappa shape index (κ3) is 7.84. The fourth-order valence-electron chi connectivity index (χ4n) is 3.61. The number of phenolic OH excluding ortho intramolecular Hbond substituents is 1. The van der Waals surface area contributed by atoms with Crippen molar-refractivity contribution in [1.29, 1.82) is 0 Å². The van der Waals surface area contributed by atoms with Crippen LogP contribution in [0.4, 0.5) is 0 Å². The van der Waals surface area contributed by atoms with Crippen molar-refractivity contribution >= 4 is 22.9 Å². The SMILES string of the molecule is CCCCOC(=O)CCCCC(=O)Oc1c(-c2ccc(O)c(OCCCC)c2)oc2ccccc2c1=O. The number of ether oxygens (including phenoxy) is 3. The summed E-state index contributed by atoms with van der Waals surface area (Å²) >= 11 is 0. The monoisotopic (exact) mass is 510 g/mol. The molecule has 3 rings (SSSR count). The molecule has 0 saturated carbocycles. The lowest BCUT2D eigenvalue weighted by molar-refractivity contribution is -0.144. The maximum Gasteiger partial charge on any atom is 0.311 e. The van der Waals surface area contributed by atoms with Crippen LogP contribution in [0.5, 0.6) is 17.2 Å². The fraction of sp³-hybridized carbons (Fsp3) is 0.414. The van der Waals surface area contributed by atoms with Gasteiger partial charge in [-0.1, -0.05) is 38.8 Å². The second kappa shape index (κ2) is 14.1. The summed E-state index contributed by atoms with van der Waals surface area (Å²) in [5.74, 6) is -0.866. The fourth-order valence-corrected chi connectivity index (χ4v) is 3.61. The molecule has 0 aliphatic rings. The Bertz CT molecular complexity index is 1260. The van der Waals surface area contributed by atoms with Crippen molar-refractivity contribution < 1.29 is 33.3 Å². The van der Waals surface area contributed by atoms with Gasteiger partial charge < -0.3 is 23.7 Å². The van der Waals surface area contributed by atoms with Crippen molar-refractivity contribution in [1.82, 2.24) is 0 Å². The summed E-state index contributed by atoms with van der Waals surface area (Å²) in [5, 5.41) is 10.5. The van der Waals surface area contributed by atoms with E-state index in [-0.39, 0.29) is 47.2 Å². The van der Waals surface area contributed by atoms with Crippen molar-refractivity contribution in [2.75, 3.05) is 13.2 Å². The summed E-state index contributed by atoms with van der Waals surface area (Å²) in [6, 6.07) is 11.3. The Morgan fingerprint density at radius 3 is 2.35 bits per heavy atom. The molecule has 0 radical (unpaired) electrons. The number of carbonyl (C=O) groups excluding carboxylic acids is 2. The molecule has 0 amide bonds. The van der Waals surface area contributed by atoms with E-state index >= 15 is 0 Å². The number of fused-ring (bicyclic) bond motifs is 1. The smallest absolute Gasteiger partial charge is 0.311 e. The van der Waals surface area contributed by atoms with Gasteiger partial charge >= 0.3 is 11.9 Å². The largest absolute Gasteiger partial charge is 0.504 e. The van der Waals surface area contributed by atoms with Crippen molar-refractivity contribution in [2.24, 2.45) is 0 Å². The van der Waals surface area contributed by atoms with Crippen molar-refractivity contribution in [2.45, 2.75) is 65.2 Å². The lowest BCUT2D eigenvalue weighted by Crippen LogP contribution is -2.16. The maximum absolute atomic E-state index is 13.3. The van der Waals surface area contributed by atoms with Gasteiger partial charge in [0.05, 0.1) is 18.6 Å². The molecule has 2 aromatic carbocycles. The second-order valence-electron chi connectivity index (χ2n) is 8.73. The van der Waals surface area contributed by atoms with Gasteiger partial charge in [-0.05, 0) is 56.0 Å². The predicted molar refractivity (Wildman–Crippen MR) is 140 cm³/mol.